The number of carbonyl (C=O) groups excluding carboxylic acids is 2. The lowest BCUT2D eigenvalue weighted by atomic mass is 10.4. The fourth-order valence-electron chi connectivity index (χ4n) is 0.612. The first-order valence-electron chi connectivity index (χ1n) is 3.87. The number of aliphatic hydroxyl groups is 1. The Balaban J connectivity index is 3.71. The monoisotopic (exact) mass is 187 g/mol. The lowest BCUT2D eigenvalue weighted by molar-refractivity contribution is -0.143. The van der Waals surface area contributed by atoms with Crippen LogP contribution in [-0.4, -0.2) is 30.1 Å². The van der Waals surface area contributed by atoms with Gasteiger partial charge in [0.15, 0.2) is 0 Å². The van der Waals surface area contributed by atoms with E-state index in [4.69, 9.17) is 5.11 Å². The Bertz CT molecular complexity index is 218. The van der Waals surface area contributed by atoms with Crippen LogP contribution in [0.2, 0.25) is 0 Å². The van der Waals surface area contributed by atoms with E-state index in [0.717, 1.165) is 6.08 Å². The minimum atomic E-state index is -0.520. The summed E-state index contributed by atoms with van der Waals surface area (Å²) in [4.78, 5) is 21.5. The lowest BCUT2D eigenvalue weighted by Crippen LogP contribution is -2.29. The summed E-state index contributed by atoms with van der Waals surface area (Å²) in [5, 5.41) is 10.9. The molecule has 5 heteroatoms. The first-order chi connectivity index (χ1) is 6.06. The Morgan fingerprint density at radius 2 is 2.15 bits per heavy atom. The van der Waals surface area contributed by atoms with Gasteiger partial charge in [-0.05, 0) is 13.8 Å². The number of aliphatic hydroxyl groups excluding tert-OH is 1. The van der Waals surface area contributed by atoms with Gasteiger partial charge in [0.25, 0.3) is 0 Å². The third kappa shape index (κ3) is 6.86. The SMILES string of the molecule is CCOC(=O)CNC(=O)/C=C(\C)O. The molecular formula is C8H13NO4. The lowest BCUT2D eigenvalue weighted by Gasteiger charge is -2.01. The molecule has 0 aromatic carbocycles. The summed E-state index contributed by atoms with van der Waals surface area (Å²) in [6.07, 6.45) is 0.985. The van der Waals surface area contributed by atoms with Crippen LogP contribution in [0.1, 0.15) is 13.8 Å². The third-order valence-corrected chi connectivity index (χ3v) is 1.05. The Hall–Kier alpha value is -1.52. The molecule has 0 aliphatic rings. The van der Waals surface area contributed by atoms with Gasteiger partial charge in [0, 0.05) is 6.08 Å². The second-order valence-electron chi connectivity index (χ2n) is 2.31. The minimum Gasteiger partial charge on any atom is -0.512 e. The van der Waals surface area contributed by atoms with E-state index < -0.39 is 11.9 Å². The molecule has 0 aromatic rings. The zero-order chi connectivity index (χ0) is 10.3. The summed E-state index contributed by atoms with van der Waals surface area (Å²) in [7, 11) is 0. The molecule has 0 saturated carbocycles. The van der Waals surface area contributed by atoms with Gasteiger partial charge < -0.3 is 15.2 Å². The number of carbonyl (C=O) groups is 2. The molecule has 1 amide bonds. The minimum absolute atomic E-state index is 0.110. The van der Waals surface area contributed by atoms with Crippen LogP contribution in [0.4, 0.5) is 0 Å². The molecule has 74 valence electrons. The second kappa shape index (κ2) is 6.05. The summed E-state index contributed by atoms with van der Waals surface area (Å²) < 4.78 is 4.56. The fourth-order valence-corrected chi connectivity index (χ4v) is 0.612. The standard InChI is InChI=1S/C8H13NO4/c1-3-13-8(12)5-9-7(11)4-6(2)10/h4,10H,3,5H2,1-2H3,(H,9,11)/b6-4+. The highest BCUT2D eigenvalue weighted by Crippen LogP contribution is 1.83. The Labute approximate surface area is 76.4 Å². The number of rotatable bonds is 4. The predicted octanol–water partition coefficient (Wildman–Crippen LogP) is 0.128. The zero-order valence-electron chi connectivity index (χ0n) is 7.66. The van der Waals surface area contributed by atoms with Crippen molar-refractivity contribution in [3.63, 3.8) is 0 Å². The highest BCUT2D eigenvalue weighted by atomic mass is 16.5. The first kappa shape index (κ1) is 11.5. The average molecular weight is 187 g/mol. The number of amides is 1. The topological polar surface area (TPSA) is 75.6 Å². The number of hydrogen-bond acceptors (Lipinski definition) is 4. The van der Waals surface area contributed by atoms with Gasteiger partial charge >= 0.3 is 5.97 Å². The summed E-state index contributed by atoms with van der Waals surface area (Å²) in [5.74, 6) is -1.13. The summed E-state index contributed by atoms with van der Waals surface area (Å²) in [6, 6.07) is 0. The molecule has 0 spiro atoms. The van der Waals surface area contributed by atoms with Crippen LogP contribution < -0.4 is 5.32 Å². The van der Waals surface area contributed by atoms with E-state index in [2.05, 4.69) is 10.1 Å². The summed E-state index contributed by atoms with van der Waals surface area (Å²) >= 11 is 0. The number of allylic oxidation sites excluding steroid dienone is 1. The number of hydrogen-bond donors (Lipinski definition) is 2. The summed E-state index contributed by atoms with van der Waals surface area (Å²) in [6.45, 7) is 3.14. The molecule has 0 saturated heterocycles. The average Bonchev–Trinajstić information content (AvgIpc) is 2.00. The number of esters is 1. The van der Waals surface area contributed by atoms with E-state index >= 15 is 0 Å². The van der Waals surface area contributed by atoms with Crippen LogP contribution >= 0.6 is 0 Å². The Morgan fingerprint density at radius 3 is 2.62 bits per heavy atom. The van der Waals surface area contributed by atoms with Crippen LogP contribution in [0.25, 0.3) is 0 Å². The highest BCUT2D eigenvalue weighted by Gasteiger charge is 2.03. The Morgan fingerprint density at radius 1 is 1.54 bits per heavy atom. The molecule has 0 aliphatic carbocycles. The van der Waals surface area contributed by atoms with Crippen LogP contribution in [0.5, 0.6) is 0 Å². The van der Waals surface area contributed by atoms with E-state index in [-0.39, 0.29) is 18.9 Å². The van der Waals surface area contributed by atoms with Gasteiger partial charge in [-0.1, -0.05) is 0 Å². The molecule has 0 radical (unpaired) electrons. The summed E-state index contributed by atoms with van der Waals surface area (Å²) in [5.41, 5.74) is 0. The molecule has 5 nitrogen and oxygen atoms in total. The molecule has 0 atom stereocenters. The van der Waals surface area contributed by atoms with Crippen LogP contribution in [-0.2, 0) is 14.3 Å². The van der Waals surface area contributed by atoms with E-state index in [1.54, 1.807) is 6.92 Å². The van der Waals surface area contributed by atoms with Gasteiger partial charge in [0.1, 0.15) is 6.54 Å². The van der Waals surface area contributed by atoms with E-state index in [1.807, 2.05) is 0 Å². The van der Waals surface area contributed by atoms with Crippen molar-refractivity contribution >= 4 is 11.9 Å². The Kier molecular flexibility index (Phi) is 5.34. The van der Waals surface area contributed by atoms with Crippen molar-refractivity contribution < 1.29 is 19.4 Å². The van der Waals surface area contributed by atoms with Crippen molar-refractivity contribution in [3.05, 3.63) is 11.8 Å². The first-order valence-corrected chi connectivity index (χ1v) is 3.87. The second-order valence-corrected chi connectivity index (χ2v) is 2.31. The van der Waals surface area contributed by atoms with Gasteiger partial charge in [-0.15, -0.1) is 0 Å². The van der Waals surface area contributed by atoms with Crippen molar-refractivity contribution in [1.29, 1.82) is 0 Å². The largest absolute Gasteiger partial charge is 0.512 e. The maximum atomic E-state index is 10.8. The van der Waals surface area contributed by atoms with Crippen molar-refractivity contribution in [1.82, 2.24) is 5.32 Å². The van der Waals surface area contributed by atoms with Gasteiger partial charge in [0.05, 0.1) is 12.4 Å². The normalized spacial score (nSPS) is 10.8. The molecule has 0 unspecified atom stereocenters. The number of ether oxygens (including phenoxy) is 1. The molecule has 0 heterocycles. The molecule has 0 aliphatic heterocycles. The molecule has 0 bridgehead atoms. The fraction of sp³-hybridized carbons (Fsp3) is 0.500. The van der Waals surface area contributed by atoms with Gasteiger partial charge in [-0.25, -0.2) is 0 Å². The van der Waals surface area contributed by atoms with Gasteiger partial charge in [-0.2, -0.15) is 0 Å². The molecular weight excluding hydrogens is 174 g/mol. The molecule has 0 aromatic heterocycles. The van der Waals surface area contributed by atoms with Crippen molar-refractivity contribution in [2.45, 2.75) is 13.8 Å². The van der Waals surface area contributed by atoms with E-state index in [1.165, 1.54) is 6.92 Å². The molecule has 2 N–H and O–H groups in total. The maximum Gasteiger partial charge on any atom is 0.325 e. The van der Waals surface area contributed by atoms with E-state index in [9.17, 15) is 9.59 Å². The third-order valence-electron chi connectivity index (χ3n) is 1.05. The maximum absolute atomic E-state index is 10.8. The predicted molar refractivity (Wildman–Crippen MR) is 46.0 cm³/mol. The zero-order valence-corrected chi connectivity index (χ0v) is 7.66. The molecule has 13 heavy (non-hydrogen) atoms. The quantitative estimate of drug-likeness (QED) is 0.372. The van der Waals surface area contributed by atoms with Gasteiger partial charge in [-0.3, -0.25) is 9.59 Å². The van der Waals surface area contributed by atoms with Crippen molar-refractivity contribution in [2.24, 2.45) is 0 Å². The van der Waals surface area contributed by atoms with Crippen LogP contribution in [0.3, 0.4) is 0 Å². The molecule has 0 fully saturated rings. The van der Waals surface area contributed by atoms with E-state index in [0.29, 0.717) is 0 Å². The van der Waals surface area contributed by atoms with Crippen molar-refractivity contribution in [3.8, 4) is 0 Å². The van der Waals surface area contributed by atoms with Crippen LogP contribution in [0.15, 0.2) is 11.8 Å². The number of nitrogens with one attached hydrogen (secondary N) is 1. The highest BCUT2D eigenvalue weighted by molar-refractivity contribution is 5.90. The van der Waals surface area contributed by atoms with Crippen molar-refractivity contribution in [2.75, 3.05) is 13.2 Å². The molecule has 0 rings (SSSR count). The van der Waals surface area contributed by atoms with Crippen LogP contribution in [0, 0.1) is 0 Å². The van der Waals surface area contributed by atoms with Gasteiger partial charge in [0.2, 0.25) is 5.91 Å². The smallest absolute Gasteiger partial charge is 0.325 e.